The molecule has 0 radical (unpaired) electrons. The summed E-state index contributed by atoms with van der Waals surface area (Å²) >= 11 is 0. The van der Waals surface area contributed by atoms with Gasteiger partial charge in [0, 0.05) is 6.04 Å². The van der Waals surface area contributed by atoms with Crippen molar-refractivity contribution >= 4 is 10.0 Å². The van der Waals surface area contributed by atoms with Gasteiger partial charge in [0.1, 0.15) is 0 Å². The van der Waals surface area contributed by atoms with Crippen molar-refractivity contribution in [3.63, 3.8) is 0 Å². The molecular formula is C10H19F3N2O2S. The minimum atomic E-state index is -4.08. The molecule has 0 aliphatic heterocycles. The van der Waals surface area contributed by atoms with E-state index in [1.54, 1.807) is 0 Å². The summed E-state index contributed by atoms with van der Waals surface area (Å²) in [6, 6.07) is 0.0593. The van der Waals surface area contributed by atoms with Crippen LogP contribution in [-0.2, 0) is 10.0 Å². The van der Waals surface area contributed by atoms with Crippen LogP contribution in [0.15, 0.2) is 0 Å². The third-order valence-corrected chi connectivity index (χ3v) is 4.09. The van der Waals surface area contributed by atoms with Crippen LogP contribution in [0, 0.1) is 5.92 Å². The number of hydrogen-bond acceptors (Lipinski definition) is 3. The molecule has 0 saturated heterocycles. The van der Waals surface area contributed by atoms with Gasteiger partial charge in [0.05, 0.1) is 11.7 Å². The van der Waals surface area contributed by atoms with Crippen LogP contribution in [-0.4, -0.2) is 32.9 Å². The number of nitrogens with one attached hydrogen (secondary N) is 1. The van der Waals surface area contributed by atoms with E-state index in [0.717, 1.165) is 0 Å². The molecule has 0 unspecified atom stereocenters. The van der Waals surface area contributed by atoms with Crippen molar-refractivity contribution in [2.45, 2.75) is 44.3 Å². The second kappa shape index (κ2) is 6.21. The number of hydrogen-bond donors (Lipinski definition) is 2. The predicted molar refractivity (Wildman–Crippen MR) is 62.4 cm³/mol. The van der Waals surface area contributed by atoms with Gasteiger partial charge in [-0.1, -0.05) is 0 Å². The zero-order chi connectivity index (χ0) is 13.8. The Labute approximate surface area is 105 Å². The molecule has 0 amide bonds. The van der Waals surface area contributed by atoms with Crippen LogP contribution in [0.1, 0.15) is 32.1 Å². The first-order valence-corrected chi connectivity index (χ1v) is 7.70. The van der Waals surface area contributed by atoms with Crippen LogP contribution in [0.25, 0.3) is 0 Å². The minimum Gasteiger partial charge on any atom is -0.314 e. The number of primary sulfonamides is 1. The zero-order valence-corrected chi connectivity index (χ0v) is 10.9. The number of sulfonamides is 1. The van der Waals surface area contributed by atoms with Gasteiger partial charge in [0.25, 0.3) is 0 Å². The Morgan fingerprint density at radius 3 is 2.17 bits per heavy atom. The SMILES string of the molecule is NS(=O)(=O)CCCNC1CCC(C(F)(F)F)CC1. The average molecular weight is 288 g/mol. The smallest absolute Gasteiger partial charge is 0.314 e. The normalized spacial score (nSPS) is 26.2. The Morgan fingerprint density at radius 2 is 1.72 bits per heavy atom. The maximum Gasteiger partial charge on any atom is 0.391 e. The molecule has 0 aromatic heterocycles. The van der Waals surface area contributed by atoms with E-state index in [1.807, 2.05) is 0 Å². The fourth-order valence-electron chi connectivity index (χ4n) is 2.20. The van der Waals surface area contributed by atoms with Crippen LogP contribution in [0.5, 0.6) is 0 Å². The first-order chi connectivity index (χ1) is 8.18. The third-order valence-electron chi connectivity index (χ3n) is 3.23. The van der Waals surface area contributed by atoms with Crippen molar-refractivity contribution in [2.24, 2.45) is 11.1 Å². The molecule has 0 heterocycles. The Hall–Kier alpha value is -0.340. The van der Waals surface area contributed by atoms with Gasteiger partial charge in [-0.3, -0.25) is 0 Å². The van der Waals surface area contributed by atoms with Gasteiger partial charge in [-0.15, -0.1) is 0 Å². The van der Waals surface area contributed by atoms with E-state index < -0.39 is 22.1 Å². The maximum absolute atomic E-state index is 12.4. The lowest BCUT2D eigenvalue weighted by Gasteiger charge is -2.30. The van der Waals surface area contributed by atoms with Crippen molar-refractivity contribution in [1.82, 2.24) is 5.32 Å². The van der Waals surface area contributed by atoms with Crippen molar-refractivity contribution in [3.8, 4) is 0 Å². The molecule has 0 aromatic rings. The molecule has 8 heteroatoms. The van der Waals surface area contributed by atoms with E-state index in [2.05, 4.69) is 5.32 Å². The van der Waals surface area contributed by atoms with Crippen LogP contribution < -0.4 is 10.5 Å². The highest BCUT2D eigenvalue weighted by Gasteiger charge is 2.41. The molecule has 18 heavy (non-hydrogen) atoms. The van der Waals surface area contributed by atoms with Crippen LogP contribution in [0.2, 0.25) is 0 Å². The number of alkyl halides is 3. The van der Waals surface area contributed by atoms with Gasteiger partial charge in [-0.05, 0) is 38.6 Å². The molecule has 0 atom stereocenters. The summed E-state index contributed by atoms with van der Waals surface area (Å²) in [6.45, 7) is 0.470. The van der Waals surface area contributed by atoms with Crippen LogP contribution in [0.4, 0.5) is 13.2 Å². The van der Waals surface area contributed by atoms with Gasteiger partial charge in [-0.2, -0.15) is 13.2 Å². The van der Waals surface area contributed by atoms with Crippen LogP contribution >= 0.6 is 0 Å². The summed E-state index contributed by atoms with van der Waals surface area (Å²) in [6.07, 6.45) is -2.43. The van der Waals surface area contributed by atoms with Gasteiger partial charge in [-0.25, -0.2) is 13.6 Å². The Bertz CT molecular complexity index is 349. The molecule has 1 aliphatic carbocycles. The van der Waals surface area contributed by atoms with Crippen molar-refractivity contribution < 1.29 is 21.6 Å². The number of rotatable bonds is 5. The van der Waals surface area contributed by atoms with E-state index in [0.29, 0.717) is 25.8 Å². The second-order valence-electron chi connectivity index (χ2n) is 4.76. The highest BCUT2D eigenvalue weighted by Crippen LogP contribution is 2.37. The van der Waals surface area contributed by atoms with E-state index in [9.17, 15) is 21.6 Å². The minimum absolute atomic E-state index is 0.0593. The molecule has 0 aromatic carbocycles. The lowest BCUT2D eigenvalue weighted by molar-refractivity contribution is -0.182. The molecular weight excluding hydrogens is 269 g/mol. The van der Waals surface area contributed by atoms with Gasteiger partial charge < -0.3 is 5.32 Å². The summed E-state index contributed by atoms with van der Waals surface area (Å²) in [5, 5.41) is 7.92. The van der Waals surface area contributed by atoms with Crippen LogP contribution in [0.3, 0.4) is 0 Å². The molecule has 1 rings (SSSR count). The van der Waals surface area contributed by atoms with E-state index in [-0.39, 0.29) is 24.6 Å². The average Bonchev–Trinajstić information content (AvgIpc) is 2.22. The van der Waals surface area contributed by atoms with E-state index >= 15 is 0 Å². The molecule has 0 bridgehead atoms. The second-order valence-corrected chi connectivity index (χ2v) is 6.50. The molecule has 1 fully saturated rings. The van der Waals surface area contributed by atoms with E-state index in [4.69, 9.17) is 5.14 Å². The molecule has 4 nitrogen and oxygen atoms in total. The fraction of sp³-hybridized carbons (Fsp3) is 1.00. The lowest BCUT2D eigenvalue weighted by Crippen LogP contribution is -2.37. The first kappa shape index (κ1) is 15.7. The molecule has 3 N–H and O–H groups in total. The van der Waals surface area contributed by atoms with Gasteiger partial charge >= 0.3 is 6.18 Å². The maximum atomic E-state index is 12.4. The predicted octanol–water partition coefficient (Wildman–Crippen LogP) is 1.38. The molecule has 108 valence electrons. The Morgan fingerprint density at radius 1 is 1.17 bits per heavy atom. The topological polar surface area (TPSA) is 72.2 Å². The summed E-state index contributed by atoms with van der Waals surface area (Å²) in [7, 11) is -3.44. The van der Waals surface area contributed by atoms with Gasteiger partial charge in [0.2, 0.25) is 10.0 Å². The highest BCUT2D eigenvalue weighted by atomic mass is 32.2. The molecule has 1 saturated carbocycles. The largest absolute Gasteiger partial charge is 0.391 e. The van der Waals surface area contributed by atoms with E-state index in [1.165, 1.54) is 0 Å². The third kappa shape index (κ3) is 6.01. The Kier molecular flexibility index (Phi) is 5.42. The van der Waals surface area contributed by atoms with Crippen molar-refractivity contribution in [2.75, 3.05) is 12.3 Å². The summed E-state index contributed by atoms with van der Waals surface area (Å²) < 4.78 is 58.5. The summed E-state index contributed by atoms with van der Waals surface area (Å²) in [4.78, 5) is 0. The summed E-state index contributed by atoms with van der Waals surface area (Å²) in [5.74, 6) is -1.28. The molecule has 1 aliphatic rings. The van der Waals surface area contributed by atoms with Gasteiger partial charge in [0.15, 0.2) is 0 Å². The summed E-state index contributed by atoms with van der Waals surface area (Å²) in [5.41, 5.74) is 0. The number of halogens is 3. The van der Waals surface area contributed by atoms with Crippen molar-refractivity contribution in [1.29, 1.82) is 0 Å². The zero-order valence-electron chi connectivity index (χ0n) is 10.0. The first-order valence-electron chi connectivity index (χ1n) is 5.99. The van der Waals surface area contributed by atoms with Crippen molar-refractivity contribution in [3.05, 3.63) is 0 Å². The highest BCUT2D eigenvalue weighted by molar-refractivity contribution is 7.89. The fourth-order valence-corrected chi connectivity index (χ4v) is 2.75. The quantitative estimate of drug-likeness (QED) is 0.751. The monoisotopic (exact) mass is 288 g/mol. The lowest BCUT2D eigenvalue weighted by atomic mass is 9.85. The molecule has 0 spiro atoms. The standard InChI is InChI=1S/C10H19F3N2O2S/c11-10(12,13)8-2-4-9(5-3-8)15-6-1-7-18(14,16)17/h8-9,15H,1-7H2,(H2,14,16,17). The number of nitrogens with two attached hydrogens (primary N) is 1. The Balaban J connectivity index is 2.17.